The van der Waals surface area contributed by atoms with E-state index in [0.29, 0.717) is 86.9 Å². The number of carbonyl (C=O) groups is 2. The number of pyridine rings is 1. The van der Waals surface area contributed by atoms with Crippen molar-refractivity contribution in [3.05, 3.63) is 113 Å². The molecule has 0 bridgehead atoms. The van der Waals surface area contributed by atoms with E-state index in [1.807, 2.05) is 23.1 Å². The Morgan fingerprint density at radius 3 is 2.21 bits per heavy atom. The first-order valence-electron chi connectivity index (χ1n) is 17.3. The van der Waals surface area contributed by atoms with Crippen LogP contribution in [0.3, 0.4) is 0 Å². The van der Waals surface area contributed by atoms with Crippen molar-refractivity contribution in [1.82, 2.24) is 14.8 Å². The number of ether oxygens (including phenoxy) is 1. The summed E-state index contributed by atoms with van der Waals surface area (Å²) in [6.07, 6.45) is -2.30. The monoisotopic (exact) mass is 751 g/mol. The van der Waals surface area contributed by atoms with E-state index in [1.165, 1.54) is 6.07 Å². The number of hydrogen-bond donors (Lipinski definition) is 2. The van der Waals surface area contributed by atoms with Crippen molar-refractivity contribution < 1.29 is 41.0 Å². The number of piperazine rings is 1. The molecule has 2 saturated heterocycles. The first-order chi connectivity index (χ1) is 25.3. The van der Waals surface area contributed by atoms with Gasteiger partial charge in [0, 0.05) is 63.6 Å². The van der Waals surface area contributed by atoms with Crippen molar-refractivity contribution in [2.24, 2.45) is 0 Å². The lowest BCUT2D eigenvalue weighted by Gasteiger charge is -2.37. The molecule has 15 heteroatoms. The molecule has 0 aliphatic carbocycles. The molecule has 0 spiro atoms. The minimum atomic E-state index is -4.48. The highest BCUT2D eigenvalue weighted by atomic mass is 32.2. The zero-order valence-electron chi connectivity index (χ0n) is 28.8. The molecule has 2 aliphatic heterocycles. The number of carbonyl (C=O) groups excluding carboxylic acids is 1. The van der Waals surface area contributed by atoms with Gasteiger partial charge in [-0.2, -0.15) is 13.2 Å². The molecule has 0 saturated carbocycles. The Morgan fingerprint density at radius 2 is 1.58 bits per heavy atom. The van der Waals surface area contributed by atoms with Gasteiger partial charge in [0.1, 0.15) is 5.75 Å². The van der Waals surface area contributed by atoms with E-state index in [1.54, 1.807) is 59.5 Å². The number of anilines is 2. The lowest BCUT2D eigenvalue weighted by atomic mass is 9.89. The molecule has 4 aromatic rings. The Bertz CT molecular complexity index is 1980. The zero-order chi connectivity index (χ0) is 37.6. The molecule has 2 aliphatic rings. The number of benzene rings is 3. The molecule has 0 radical (unpaired) electrons. The van der Waals surface area contributed by atoms with Crippen LogP contribution < -0.4 is 14.4 Å². The quantitative estimate of drug-likeness (QED) is 0.168. The third-order valence-corrected chi connectivity index (χ3v) is 10.7. The van der Waals surface area contributed by atoms with Crippen molar-refractivity contribution in [3.8, 4) is 11.6 Å². The van der Waals surface area contributed by atoms with Gasteiger partial charge >= 0.3 is 12.1 Å². The van der Waals surface area contributed by atoms with Crippen LogP contribution in [0.1, 0.15) is 52.2 Å². The smallest absolute Gasteiger partial charge is 0.417 e. The second-order valence-electron chi connectivity index (χ2n) is 13.2. The summed E-state index contributed by atoms with van der Waals surface area (Å²) in [5.74, 6) is -0.632. The van der Waals surface area contributed by atoms with Crippen LogP contribution in [0.4, 0.5) is 24.5 Å². The Morgan fingerprint density at radius 1 is 0.887 bits per heavy atom. The summed E-state index contributed by atoms with van der Waals surface area (Å²) < 4.78 is 73.6. The zero-order valence-corrected chi connectivity index (χ0v) is 29.7. The van der Waals surface area contributed by atoms with E-state index >= 15 is 0 Å². The number of amides is 1. The maximum absolute atomic E-state index is 13.8. The number of halogens is 3. The number of likely N-dealkylation sites (tertiary alicyclic amines) is 1. The number of piperidine rings is 1. The number of hydrogen-bond acceptors (Lipinski definition) is 8. The fourth-order valence-corrected chi connectivity index (χ4v) is 7.83. The summed E-state index contributed by atoms with van der Waals surface area (Å²) in [6, 6.07) is 23.3. The molecule has 11 nitrogen and oxygen atoms in total. The van der Waals surface area contributed by atoms with Gasteiger partial charge in [0.05, 0.1) is 29.1 Å². The van der Waals surface area contributed by atoms with Crippen LogP contribution >= 0.6 is 0 Å². The maximum Gasteiger partial charge on any atom is 0.417 e. The fourth-order valence-electron chi connectivity index (χ4n) is 6.63. The van der Waals surface area contributed by atoms with E-state index in [9.17, 15) is 31.2 Å². The number of carboxylic acids is 1. The summed E-state index contributed by atoms with van der Waals surface area (Å²) in [4.78, 5) is 34.5. The molecular weight excluding hydrogens is 712 g/mol. The molecule has 280 valence electrons. The average molecular weight is 752 g/mol. The van der Waals surface area contributed by atoms with Crippen LogP contribution in [0.25, 0.3) is 0 Å². The second kappa shape index (κ2) is 16.3. The van der Waals surface area contributed by atoms with Crippen LogP contribution in [0.5, 0.6) is 11.6 Å². The lowest BCUT2D eigenvalue weighted by molar-refractivity contribution is -0.138. The molecule has 3 heterocycles. The van der Waals surface area contributed by atoms with Crippen LogP contribution in [-0.4, -0.2) is 86.0 Å². The lowest BCUT2D eigenvalue weighted by Crippen LogP contribution is -2.47. The SMILES string of the molecule is O=C(O)CCN1CCN(c2ccc(C(=O)N3CCC(c4ccc(Oc5ccc(C(F)(F)F)cn5)cc4)CC3)cc2NS(=O)(=O)Cc2ccccc2)CC1. The topological polar surface area (TPSA) is 132 Å². The van der Waals surface area contributed by atoms with Crippen LogP contribution in [-0.2, 0) is 26.7 Å². The Kier molecular flexibility index (Phi) is 11.5. The highest BCUT2D eigenvalue weighted by Gasteiger charge is 2.31. The van der Waals surface area contributed by atoms with E-state index in [0.717, 1.165) is 17.8 Å². The van der Waals surface area contributed by atoms with E-state index in [-0.39, 0.29) is 29.9 Å². The van der Waals surface area contributed by atoms with Crippen molar-refractivity contribution in [3.63, 3.8) is 0 Å². The third-order valence-electron chi connectivity index (χ3n) is 9.48. The number of sulfonamides is 1. The van der Waals surface area contributed by atoms with Gasteiger partial charge in [0.15, 0.2) is 0 Å². The van der Waals surface area contributed by atoms with Crippen molar-refractivity contribution in [1.29, 1.82) is 0 Å². The van der Waals surface area contributed by atoms with Crippen molar-refractivity contribution in [2.45, 2.75) is 37.1 Å². The summed E-state index contributed by atoms with van der Waals surface area (Å²) in [5.41, 5.74) is 2.15. The summed E-state index contributed by atoms with van der Waals surface area (Å²) in [5, 5.41) is 9.07. The molecule has 53 heavy (non-hydrogen) atoms. The van der Waals surface area contributed by atoms with Gasteiger partial charge in [0.25, 0.3) is 5.91 Å². The predicted octanol–water partition coefficient (Wildman–Crippen LogP) is 6.45. The standard InChI is InChI=1S/C38H40F3N5O6S/c39-38(40,41)31-9-13-35(42-25-31)52-32-10-6-28(7-11-32)29-14-18-46(19-15-29)37(49)30-8-12-34(45-22-20-44(21-23-45)17-16-36(47)48)33(24-30)43-53(50,51)26-27-4-2-1-3-5-27/h1-13,24-25,29,43H,14-23,26H2,(H,47,48). The van der Waals surface area contributed by atoms with Crippen LogP contribution in [0.15, 0.2) is 91.1 Å². The van der Waals surface area contributed by atoms with Gasteiger partial charge in [-0.1, -0.05) is 42.5 Å². The Labute approximate surface area is 306 Å². The normalized spacial score (nSPS) is 16.0. The summed E-state index contributed by atoms with van der Waals surface area (Å²) in [6.45, 7) is 3.78. The molecule has 3 aromatic carbocycles. The minimum Gasteiger partial charge on any atom is -0.481 e. The van der Waals surface area contributed by atoms with Gasteiger partial charge in [-0.25, -0.2) is 13.4 Å². The van der Waals surface area contributed by atoms with Gasteiger partial charge < -0.3 is 19.6 Å². The fraction of sp³-hybridized carbons (Fsp3) is 0.342. The highest BCUT2D eigenvalue weighted by molar-refractivity contribution is 7.91. The number of nitrogens with zero attached hydrogens (tertiary/aromatic N) is 4. The second-order valence-corrected chi connectivity index (χ2v) is 14.9. The van der Waals surface area contributed by atoms with E-state index < -0.39 is 27.7 Å². The predicted molar refractivity (Wildman–Crippen MR) is 194 cm³/mol. The Balaban J connectivity index is 1.11. The number of alkyl halides is 3. The van der Waals surface area contributed by atoms with Crippen LogP contribution in [0.2, 0.25) is 0 Å². The van der Waals surface area contributed by atoms with Crippen molar-refractivity contribution in [2.75, 3.05) is 55.4 Å². The number of carboxylic acid groups (broad SMARTS) is 1. The van der Waals surface area contributed by atoms with Crippen LogP contribution in [0, 0.1) is 0 Å². The minimum absolute atomic E-state index is 0.0480. The summed E-state index contributed by atoms with van der Waals surface area (Å²) >= 11 is 0. The van der Waals surface area contributed by atoms with Gasteiger partial charge in [-0.05, 0) is 66.3 Å². The number of nitrogens with one attached hydrogen (secondary N) is 1. The summed E-state index contributed by atoms with van der Waals surface area (Å²) in [7, 11) is -3.84. The van der Waals surface area contributed by atoms with E-state index in [4.69, 9.17) is 9.84 Å². The first kappa shape index (κ1) is 37.6. The molecule has 1 amide bonds. The molecule has 2 fully saturated rings. The van der Waals surface area contributed by atoms with Gasteiger partial charge in [0.2, 0.25) is 15.9 Å². The van der Waals surface area contributed by atoms with Crippen molar-refractivity contribution >= 4 is 33.3 Å². The number of aliphatic carboxylic acids is 1. The molecule has 0 atom stereocenters. The molecular formula is C38H40F3N5O6S. The molecule has 6 rings (SSSR count). The molecule has 1 aromatic heterocycles. The average Bonchev–Trinajstić information content (AvgIpc) is 3.14. The van der Waals surface area contributed by atoms with Gasteiger partial charge in [-0.3, -0.25) is 19.2 Å². The number of rotatable bonds is 12. The first-order valence-corrected chi connectivity index (χ1v) is 19.0. The van der Waals surface area contributed by atoms with E-state index in [2.05, 4.69) is 14.6 Å². The number of aromatic nitrogens is 1. The van der Waals surface area contributed by atoms with Gasteiger partial charge in [-0.15, -0.1) is 0 Å². The molecule has 2 N–H and O–H groups in total. The highest BCUT2D eigenvalue weighted by Crippen LogP contribution is 2.34. The Hall–Kier alpha value is -5.15. The third kappa shape index (κ3) is 10.0. The largest absolute Gasteiger partial charge is 0.481 e. The maximum atomic E-state index is 13.8. The molecule has 0 unspecified atom stereocenters.